The van der Waals surface area contributed by atoms with Crippen molar-refractivity contribution in [3.8, 4) is 0 Å². The van der Waals surface area contributed by atoms with Crippen molar-refractivity contribution in [2.45, 2.75) is 65.0 Å². The van der Waals surface area contributed by atoms with Crippen molar-refractivity contribution in [2.75, 3.05) is 39.3 Å². The average Bonchev–Trinajstić information content (AvgIpc) is 2.60. The van der Waals surface area contributed by atoms with Crippen molar-refractivity contribution in [1.82, 2.24) is 14.7 Å². The lowest BCUT2D eigenvalue weighted by atomic mass is 9.96. The summed E-state index contributed by atoms with van der Waals surface area (Å²) in [6, 6.07) is 0.274. The van der Waals surface area contributed by atoms with E-state index in [9.17, 15) is 9.59 Å². The molecule has 0 spiro atoms. The van der Waals surface area contributed by atoms with E-state index in [4.69, 9.17) is 5.11 Å². The number of carbonyl (C=O) groups is 2. The van der Waals surface area contributed by atoms with Gasteiger partial charge in [-0.1, -0.05) is 27.2 Å². The van der Waals surface area contributed by atoms with Gasteiger partial charge in [-0.2, -0.15) is 0 Å². The number of amides is 1. The van der Waals surface area contributed by atoms with Crippen LogP contribution in [0.15, 0.2) is 0 Å². The Morgan fingerprint density at radius 1 is 1.08 bits per heavy atom. The van der Waals surface area contributed by atoms with Gasteiger partial charge in [0.1, 0.15) is 0 Å². The van der Waals surface area contributed by atoms with E-state index in [1.165, 1.54) is 19.3 Å². The first-order chi connectivity index (χ1) is 11.9. The monoisotopic (exact) mass is 353 g/mol. The summed E-state index contributed by atoms with van der Waals surface area (Å²) in [7, 11) is 0. The molecule has 2 aliphatic heterocycles. The Hall–Kier alpha value is -1.14. The van der Waals surface area contributed by atoms with Crippen LogP contribution in [-0.4, -0.2) is 83.0 Å². The number of hydrogen-bond donors (Lipinski definition) is 1. The molecule has 1 unspecified atom stereocenters. The number of nitrogens with zero attached hydrogens (tertiary/aromatic N) is 3. The molecule has 6 heteroatoms. The Labute approximate surface area is 152 Å². The molecule has 2 rings (SSSR count). The molecule has 0 radical (unpaired) electrons. The number of rotatable bonds is 7. The molecule has 2 fully saturated rings. The molecule has 0 aromatic heterocycles. The topological polar surface area (TPSA) is 64.1 Å². The molecule has 2 saturated heterocycles. The fourth-order valence-electron chi connectivity index (χ4n) is 4.37. The Morgan fingerprint density at radius 2 is 1.68 bits per heavy atom. The van der Waals surface area contributed by atoms with E-state index in [2.05, 4.69) is 18.7 Å². The molecule has 1 atom stereocenters. The smallest absolute Gasteiger partial charge is 0.317 e. The Bertz CT molecular complexity index is 441. The maximum absolute atomic E-state index is 13.1. The van der Waals surface area contributed by atoms with Crippen molar-refractivity contribution >= 4 is 11.9 Å². The Kier molecular flexibility index (Phi) is 7.69. The van der Waals surface area contributed by atoms with Crippen molar-refractivity contribution in [2.24, 2.45) is 5.92 Å². The van der Waals surface area contributed by atoms with Crippen molar-refractivity contribution in [3.05, 3.63) is 0 Å². The number of carbonyl (C=O) groups excluding carboxylic acids is 1. The van der Waals surface area contributed by atoms with Gasteiger partial charge in [0.05, 0.1) is 12.6 Å². The van der Waals surface area contributed by atoms with Gasteiger partial charge in [-0.05, 0) is 51.2 Å². The highest BCUT2D eigenvalue weighted by atomic mass is 16.4. The molecule has 0 saturated carbocycles. The second-order valence-corrected chi connectivity index (χ2v) is 7.80. The van der Waals surface area contributed by atoms with Crippen LogP contribution in [0.4, 0.5) is 0 Å². The Morgan fingerprint density at radius 3 is 2.16 bits per heavy atom. The molecule has 1 N–H and O–H groups in total. The van der Waals surface area contributed by atoms with Crippen LogP contribution >= 0.6 is 0 Å². The number of carboxylic acids is 1. The molecule has 144 valence electrons. The lowest BCUT2D eigenvalue weighted by molar-refractivity contribution is -0.143. The number of likely N-dealkylation sites (N-methyl/N-ethyl adjacent to an activating group) is 1. The summed E-state index contributed by atoms with van der Waals surface area (Å²) in [5.74, 6) is -0.176. The summed E-state index contributed by atoms with van der Waals surface area (Å²) in [6.45, 7) is 10.7. The summed E-state index contributed by atoms with van der Waals surface area (Å²) in [5, 5.41) is 9.05. The van der Waals surface area contributed by atoms with Gasteiger partial charge in [0.25, 0.3) is 0 Å². The van der Waals surface area contributed by atoms with Crippen LogP contribution in [0, 0.1) is 5.92 Å². The zero-order chi connectivity index (χ0) is 18.4. The predicted octanol–water partition coefficient (Wildman–Crippen LogP) is 1.89. The average molecular weight is 354 g/mol. The molecule has 0 aromatic carbocycles. The van der Waals surface area contributed by atoms with E-state index in [0.717, 1.165) is 45.6 Å². The number of carboxylic acid groups (broad SMARTS) is 1. The second-order valence-electron chi connectivity index (χ2n) is 7.80. The summed E-state index contributed by atoms with van der Waals surface area (Å²) in [6.07, 6.45) is 5.41. The third-order valence-electron chi connectivity index (χ3n) is 5.71. The third-order valence-corrected chi connectivity index (χ3v) is 5.71. The molecule has 0 aliphatic carbocycles. The summed E-state index contributed by atoms with van der Waals surface area (Å²) in [5.41, 5.74) is 0. The Balaban J connectivity index is 1.93. The van der Waals surface area contributed by atoms with Gasteiger partial charge in [0.15, 0.2) is 0 Å². The van der Waals surface area contributed by atoms with E-state index >= 15 is 0 Å². The van der Waals surface area contributed by atoms with Gasteiger partial charge in [0, 0.05) is 19.1 Å². The normalized spacial score (nSPS) is 21.7. The van der Waals surface area contributed by atoms with E-state index in [1.807, 2.05) is 16.7 Å². The second kappa shape index (κ2) is 9.53. The molecule has 2 aliphatic rings. The maximum atomic E-state index is 13.1. The zero-order valence-electron chi connectivity index (χ0n) is 16.1. The van der Waals surface area contributed by atoms with E-state index < -0.39 is 5.97 Å². The number of likely N-dealkylation sites (tertiary alicyclic amines) is 2. The van der Waals surface area contributed by atoms with Crippen LogP contribution in [-0.2, 0) is 9.59 Å². The first kappa shape index (κ1) is 20.2. The first-order valence-electron chi connectivity index (χ1n) is 9.92. The highest BCUT2D eigenvalue weighted by Gasteiger charge is 2.35. The minimum Gasteiger partial charge on any atom is -0.480 e. The largest absolute Gasteiger partial charge is 0.480 e. The SMILES string of the molecule is CCN(CC(=O)O)C1CCN(C(=O)C(C(C)C)N2CCCCC2)CC1. The highest BCUT2D eigenvalue weighted by molar-refractivity contribution is 5.82. The fourth-order valence-corrected chi connectivity index (χ4v) is 4.37. The third kappa shape index (κ3) is 5.42. The molecule has 25 heavy (non-hydrogen) atoms. The summed E-state index contributed by atoms with van der Waals surface area (Å²) in [4.78, 5) is 30.6. The van der Waals surface area contributed by atoms with Gasteiger partial charge in [-0.3, -0.25) is 19.4 Å². The highest BCUT2D eigenvalue weighted by Crippen LogP contribution is 2.23. The summed E-state index contributed by atoms with van der Waals surface area (Å²) < 4.78 is 0. The van der Waals surface area contributed by atoms with Crippen LogP contribution in [0.3, 0.4) is 0 Å². The van der Waals surface area contributed by atoms with Crippen LogP contribution in [0.1, 0.15) is 52.9 Å². The van der Waals surface area contributed by atoms with E-state index in [-0.39, 0.29) is 24.5 Å². The molecule has 0 aromatic rings. The van der Waals surface area contributed by atoms with Crippen LogP contribution < -0.4 is 0 Å². The number of hydrogen-bond acceptors (Lipinski definition) is 4. The van der Waals surface area contributed by atoms with Gasteiger partial charge >= 0.3 is 5.97 Å². The maximum Gasteiger partial charge on any atom is 0.317 e. The van der Waals surface area contributed by atoms with Crippen molar-refractivity contribution in [1.29, 1.82) is 0 Å². The lowest BCUT2D eigenvalue weighted by Gasteiger charge is -2.42. The van der Waals surface area contributed by atoms with E-state index in [0.29, 0.717) is 5.92 Å². The zero-order valence-corrected chi connectivity index (χ0v) is 16.1. The minimum absolute atomic E-state index is 0.00172. The van der Waals surface area contributed by atoms with Gasteiger partial charge in [0.2, 0.25) is 5.91 Å². The summed E-state index contributed by atoms with van der Waals surface area (Å²) >= 11 is 0. The molecule has 6 nitrogen and oxygen atoms in total. The first-order valence-corrected chi connectivity index (χ1v) is 9.92. The van der Waals surface area contributed by atoms with Crippen LogP contribution in [0.5, 0.6) is 0 Å². The molecule has 2 heterocycles. The number of piperidine rings is 2. The fraction of sp³-hybridized carbons (Fsp3) is 0.895. The molecule has 1 amide bonds. The van der Waals surface area contributed by atoms with Gasteiger partial charge in [-0.15, -0.1) is 0 Å². The minimum atomic E-state index is -0.773. The molecular weight excluding hydrogens is 318 g/mol. The van der Waals surface area contributed by atoms with E-state index in [1.54, 1.807) is 0 Å². The predicted molar refractivity (Wildman–Crippen MR) is 98.5 cm³/mol. The van der Waals surface area contributed by atoms with Crippen molar-refractivity contribution < 1.29 is 14.7 Å². The quantitative estimate of drug-likeness (QED) is 0.757. The standard InChI is InChI=1S/C19H35N3O3/c1-4-20(14-17(23)24)16-8-12-22(13-9-16)19(25)18(15(2)3)21-10-6-5-7-11-21/h15-16,18H,4-14H2,1-3H3,(H,23,24). The molecular formula is C19H35N3O3. The van der Waals surface area contributed by atoms with Crippen LogP contribution in [0.25, 0.3) is 0 Å². The van der Waals surface area contributed by atoms with Crippen LogP contribution in [0.2, 0.25) is 0 Å². The number of aliphatic carboxylic acids is 1. The molecule has 0 bridgehead atoms. The van der Waals surface area contributed by atoms with Gasteiger partial charge < -0.3 is 10.0 Å². The lowest BCUT2D eigenvalue weighted by Crippen LogP contribution is -2.56. The van der Waals surface area contributed by atoms with Gasteiger partial charge in [-0.25, -0.2) is 0 Å². The van der Waals surface area contributed by atoms with Crippen molar-refractivity contribution in [3.63, 3.8) is 0 Å².